The van der Waals surface area contributed by atoms with Crippen molar-refractivity contribution in [2.45, 2.75) is 137 Å². The summed E-state index contributed by atoms with van der Waals surface area (Å²) in [5, 5.41) is 22.1. The molecule has 24 heteroatoms. The Hall–Kier alpha value is -4.69. The molecule has 0 aliphatic carbocycles. The summed E-state index contributed by atoms with van der Waals surface area (Å²) in [6, 6.07) is 2.13. The Bertz CT molecular complexity index is 2290. The van der Waals surface area contributed by atoms with Crippen LogP contribution < -0.4 is 19.9 Å². The fourth-order valence-electron chi connectivity index (χ4n) is 5.31. The Morgan fingerprint density at radius 3 is 1.47 bits per heavy atom. The van der Waals surface area contributed by atoms with E-state index in [0.29, 0.717) is 24.1 Å². The average Bonchev–Trinajstić information content (AvgIpc) is 3.33. The first-order valence-corrected chi connectivity index (χ1v) is 32.5. The third-order valence-electron chi connectivity index (χ3n) is 10.5. The molecule has 4 aromatic heterocycles. The molecule has 0 saturated carbocycles. The highest BCUT2D eigenvalue weighted by Gasteiger charge is 2.19. The van der Waals surface area contributed by atoms with E-state index in [9.17, 15) is 19.6 Å². The van der Waals surface area contributed by atoms with Crippen molar-refractivity contribution in [2.24, 2.45) is 0 Å². The summed E-state index contributed by atoms with van der Waals surface area (Å²) in [5.74, 6) is 0.388. The topological polar surface area (TPSA) is 221 Å². The molecule has 0 aliphatic rings. The van der Waals surface area contributed by atoms with E-state index in [4.69, 9.17) is 16.7 Å². The van der Waals surface area contributed by atoms with Gasteiger partial charge in [0.1, 0.15) is 5.82 Å². The van der Waals surface area contributed by atoms with Crippen molar-refractivity contribution < 1.29 is 23.7 Å². The second kappa shape index (κ2) is 37.1. The molecule has 2 radical (unpaired) electrons. The van der Waals surface area contributed by atoms with Gasteiger partial charge in [0.2, 0.25) is 24.5 Å². The summed E-state index contributed by atoms with van der Waals surface area (Å²) in [7, 11) is 8.41. The van der Waals surface area contributed by atoms with Crippen LogP contribution in [0.4, 0.5) is 4.79 Å². The molecule has 4 N–H and O–H groups in total. The number of carbonyl (C=O) groups is 1. The summed E-state index contributed by atoms with van der Waals surface area (Å²) in [6.45, 7) is 29.8. The van der Waals surface area contributed by atoms with E-state index in [2.05, 4.69) is 153 Å². The second-order valence-electron chi connectivity index (χ2n) is 19.5. The minimum atomic E-state index is -1.65. The molecule has 74 heavy (non-hydrogen) atoms. The number of halogens is 1. The van der Waals surface area contributed by atoms with Crippen LogP contribution in [0.2, 0.25) is 52.9 Å². The molecule has 1 amide bonds. The van der Waals surface area contributed by atoms with Crippen molar-refractivity contribution in [1.29, 1.82) is 0 Å². The van der Waals surface area contributed by atoms with Gasteiger partial charge in [-0.15, -0.1) is 6.58 Å². The van der Waals surface area contributed by atoms with E-state index in [-0.39, 0.29) is 17.8 Å². The first-order valence-electron chi connectivity index (χ1n) is 24.6. The van der Waals surface area contributed by atoms with Crippen molar-refractivity contribution in [1.82, 2.24) is 59.7 Å². The zero-order valence-corrected chi connectivity index (χ0v) is 51.3. The fourth-order valence-corrected chi connectivity index (χ4v) is 6.90. The summed E-state index contributed by atoms with van der Waals surface area (Å²) < 4.78 is 12.3. The second-order valence-corrected chi connectivity index (χ2v) is 29.6. The molecule has 0 bridgehead atoms. The van der Waals surface area contributed by atoms with Crippen LogP contribution in [0.1, 0.15) is 75.9 Å². The van der Waals surface area contributed by atoms with Gasteiger partial charge in [-0.25, -0.2) is 39.7 Å². The van der Waals surface area contributed by atoms with E-state index in [1.54, 1.807) is 64.0 Å². The van der Waals surface area contributed by atoms with Gasteiger partial charge in [-0.3, -0.25) is 4.79 Å². The number of carbonyl (C=O) groups excluding carboxylic acids is 1. The number of aromatic amines is 1. The Balaban J connectivity index is 0.000000921. The quantitative estimate of drug-likeness (QED) is 0.0350. The van der Waals surface area contributed by atoms with E-state index >= 15 is 0 Å². The van der Waals surface area contributed by atoms with Crippen molar-refractivity contribution in [2.75, 3.05) is 28.2 Å². The van der Waals surface area contributed by atoms with Crippen LogP contribution in [0.3, 0.4) is 0 Å². The number of nitrogens with one attached hydrogen (secondary N) is 2. The number of amides is 1. The van der Waals surface area contributed by atoms with Gasteiger partial charge < -0.3 is 43.7 Å². The van der Waals surface area contributed by atoms with Crippen LogP contribution in [0.5, 0.6) is 12.0 Å². The van der Waals surface area contributed by atoms with E-state index in [0.717, 1.165) is 51.8 Å². The molecule has 0 unspecified atom stereocenters. The molecular weight excluding hydrogens is 1080 g/mol. The number of aryl methyl sites for hydroxylation is 1. The minimum absolute atomic E-state index is 0.148. The molecule has 0 aromatic carbocycles. The molecule has 0 spiro atoms. The zero-order valence-electron chi connectivity index (χ0n) is 47.1. The maximum absolute atomic E-state index is 10.6. The van der Waals surface area contributed by atoms with Gasteiger partial charge in [-0.05, 0) is 143 Å². The van der Waals surface area contributed by atoms with Gasteiger partial charge in [-0.1, -0.05) is 56.4 Å². The third kappa shape index (κ3) is 34.7. The lowest BCUT2D eigenvalue weighted by atomic mass is 9.83. The molecular formula is C50H84B3IN12O6Si2. The monoisotopic (exact) mass is 1160 g/mol. The lowest BCUT2D eigenvalue weighted by Gasteiger charge is -2.24. The molecule has 4 heterocycles. The Morgan fingerprint density at radius 1 is 0.716 bits per heavy atom. The van der Waals surface area contributed by atoms with Gasteiger partial charge in [0.25, 0.3) is 0 Å². The van der Waals surface area contributed by atoms with Gasteiger partial charge >= 0.3 is 31.8 Å². The molecule has 404 valence electrons. The predicted octanol–water partition coefficient (Wildman–Crippen LogP) is 8.39. The Labute approximate surface area is 460 Å². The molecule has 0 saturated heterocycles. The van der Waals surface area contributed by atoms with Crippen LogP contribution in [-0.2, 0) is 0 Å². The van der Waals surface area contributed by atoms with Crippen LogP contribution in [-0.4, -0.2) is 161 Å². The van der Waals surface area contributed by atoms with Gasteiger partial charge in [0.05, 0.1) is 0 Å². The third-order valence-corrected chi connectivity index (χ3v) is 12.6. The fraction of sp³-hybridized carbons (Fsp3) is 0.500. The van der Waals surface area contributed by atoms with Crippen LogP contribution >= 0.6 is 22.6 Å². The summed E-state index contributed by atoms with van der Waals surface area (Å²) >= 11 is 2.16. The highest BCUT2D eigenvalue weighted by molar-refractivity contribution is 14.1. The summed E-state index contributed by atoms with van der Waals surface area (Å²) in [4.78, 5) is 57.5. The summed E-state index contributed by atoms with van der Waals surface area (Å²) in [6.07, 6.45) is 31.2. The van der Waals surface area contributed by atoms with Crippen molar-refractivity contribution >= 4 is 85.2 Å². The summed E-state index contributed by atoms with van der Waals surface area (Å²) in [5.41, 5.74) is 2.55. The number of hydrogen-bond acceptors (Lipinski definition) is 16. The van der Waals surface area contributed by atoms with Crippen LogP contribution in [0, 0.1) is 10.5 Å². The van der Waals surface area contributed by atoms with E-state index in [1.165, 1.54) is 4.90 Å². The standard InChI is InChI=1S/C14H26BN3O2Si.C12H20BN3O.C10H15N3O.C7H12BNO.C7H11IN2OSi/c1-12(18(3)15(2)19)8-7-9-13-10-16-14(17-11-13)20-21(4,5)6;1-10(16(4)13(3)17)6-5-7-12-8-14-11(2)15-9-12;1-8(11-2)4-3-5-9-6-12-10(14)13-7-9;1-4-5-6(2)9(3)7(8)10;1-12(2,3)11-7-9-4-6(8)5-10-7/h7,9-12,19H,8H2,1-6H3;5,7-10,17H,6H2,1-4H3;3,5-8,11H,4H2,1-2H3,(H,12,13,14);4,6H,1,5H2,2-3H3;4-5H,1-3H3/b9-7+;7-5+;5-3+;;/t12-;10-;8-;6-;/m0000./s1. The number of hydrogen-bond donors (Lipinski definition) is 4. The zero-order chi connectivity index (χ0) is 56.6. The lowest BCUT2D eigenvalue weighted by molar-refractivity contribution is 0.218. The number of aromatic nitrogens is 8. The van der Waals surface area contributed by atoms with Crippen molar-refractivity contribution in [3.63, 3.8) is 0 Å². The number of rotatable bonds is 21. The predicted molar refractivity (Wildman–Crippen MR) is 321 cm³/mol. The average molecular weight is 1160 g/mol. The van der Waals surface area contributed by atoms with Gasteiger partial charge in [0, 0.05) is 101 Å². The smallest absolute Gasteiger partial charge is 0.376 e. The maximum Gasteiger partial charge on any atom is 0.376 e. The lowest BCUT2D eigenvalue weighted by Crippen LogP contribution is -2.39. The maximum atomic E-state index is 10.6. The van der Waals surface area contributed by atoms with Gasteiger partial charge in [-0.2, -0.15) is 0 Å². The SMILES string of the molecule is CB(O)N(C)[C@@H](C)C/C=C/c1cnc(C)nc1.CB(O)N(C)[C@@H](C)C/C=C/c1cnc(O[Si](C)(C)C)nc1.CN[C@@H](C)C/C=C/c1cnc(=O)[nH]c1.C[Si](C)(C)Oc1ncc(I)cn1.[B]C(=O)N(C)[C@@H](C)CC=C. The molecule has 4 atom stereocenters. The number of H-pyrrole nitrogens is 1. The minimum Gasteiger partial charge on any atom is -0.518 e. The van der Waals surface area contributed by atoms with Gasteiger partial charge in [0.15, 0.2) is 5.81 Å². The Kier molecular flexibility index (Phi) is 34.8. The van der Waals surface area contributed by atoms with Crippen molar-refractivity contribution in [3.05, 3.63) is 117 Å². The van der Waals surface area contributed by atoms with Crippen molar-refractivity contribution in [3.8, 4) is 12.0 Å². The normalized spacial score (nSPS) is 12.9. The molecule has 4 aromatic rings. The number of nitrogens with zero attached hydrogens (tertiary/aromatic N) is 10. The van der Waals surface area contributed by atoms with E-state index < -0.39 is 36.5 Å². The molecule has 0 aliphatic heterocycles. The van der Waals surface area contributed by atoms with E-state index in [1.807, 2.05) is 75.2 Å². The highest BCUT2D eigenvalue weighted by atomic mass is 127. The molecule has 18 nitrogen and oxygen atoms in total. The first kappa shape index (κ1) is 69.3. The molecule has 0 fully saturated rings. The highest BCUT2D eigenvalue weighted by Crippen LogP contribution is 2.13. The largest absolute Gasteiger partial charge is 0.518 e. The Morgan fingerprint density at radius 2 is 1.11 bits per heavy atom. The van der Waals surface area contributed by atoms with Crippen LogP contribution in [0.25, 0.3) is 18.2 Å². The first-order chi connectivity index (χ1) is 34.5. The molecule has 4 rings (SSSR count). The van der Waals surface area contributed by atoms with Crippen LogP contribution in [0.15, 0.2) is 85.3 Å².